The molecule has 1 N–H and O–H groups in total. The molecule has 3 aromatic heterocycles. The van der Waals surface area contributed by atoms with Gasteiger partial charge in [-0.2, -0.15) is 0 Å². The van der Waals surface area contributed by atoms with Gasteiger partial charge < -0.3 is 10.0 Å². The molecule has 1 aromatic carbocycles. The van der Waals surface area contributed by atoms with Crippen LogP contribution in [0.25, 0.3) is 28.1 Å². The van der Waals surface area contributed by atoms with E-state index in [1.165, 1.54) is 15.5 Å². The van der Waals surface area contributed by atoms with Crippen molar-refractivity contribution in [1.29, 1.82) is 0 Å². The minimum Gasteiger partial charge on any atom is -0.392 e. The van der Waals surface area contributed by atoms with Gasteiger partial charge in [-0.1, -0.05) is 55.8 Å². The van der Waals surface area contributed by atoms with Crippen molar-refractivity contribution in [2.75, 3.05) is 13.1 Å². The number of halogens is 3. The average molecular weight is 612 g/mol. The van der Waals surface area contributed by atoms with Crippen LogP contribution in [0.5, 0.6) is 0 Å². The fourth-order valence-corrected chi connectivity index (χ4v) is 5.87. The molecule has 1 saturated heterocycles. The topological polar surface area (TPSA) is 110 Å². The van der Waals surface area contributed by atoms with Crippen LogP contribution in [-0.4, -0.2) is 53.8 Å². The second-order valence-corrected chi connectivity index (χ2v) is 11.5. The summed E-state index contributed by atoms with van der Waals surface area (Å²) in [6.07, 6.45) is 2.71. The van der Waals surface area contributed by atoms with Crippen LogP contribution in [0.1, 0.15) is 36.6 Å². The lowest BCUT2D eigenvalue weighted by atomic mass is 9.95. The zero-order chi connectivity index (χ0) is 30.5. The van der Waals surface area contributed by atoms with Gasteiger partial charge >= 0.3 is 11.1 Å². The molecule has 0 bridgehead atoms. The largest absolute Gasteiger partial charge is 0.392 e. The molecule has 0 unspecified atom stereocenters. The third-order valence-corrected chi connectivity index (χ3v) is 7.98. The number of amides is 1. The van der Waals surface area contributed by atoms with E-state index >= 15 is 4.39 Å². The lowest BCUT2D eigenvalue weighted by Crippen LogP contribution is -2.63. The average Bonchev–Trinajstić information content (AvgIpc) is 2.94. The summed E-state index contributed by atoms with van der Waals surface area (Å²) in [5, 5.41) is 10.4. The van der Waals surface area contributed by atoms with E-state index in [2.05, 4.69) is 11.6 Å². The van der Waals surface area contributed by atoms with E-state index in [-0.39, 0.29) is 52.5 Å². The van der Waals surface area contributed by atoms with Crippen LogP contribution < -0.4 is 11.1 Å². The third-order valence-electron chi connectivity index (χ3n) is 7.38. The van der Waals surface area contributed by atoms with Crippen molar-refractivity contribution in [3.8, 4) is 16.9 Å². The molecule has 0 radical (unpaired) electrons. The highest BCUT2D eigenvalue weighted by atomic mass is 35.5. The molecule has 9 nitrogen and oxygen atoms in total. The van der Waals surface area contributed by atoms with Gasteiger partial charge in [-0.15, -0.1) is 0 Å². The molecule has 0 saturated carbocycles. The molecule has 1 aliphatic rings. The predicted octanol–water partition coefficient (Wildman–Crippen LogP) is 4.58. The van der Waals surface area contributed by atoms with E-state index < -0.39 is 29.2 Å². The number of benzene rings is 1. The van der Waals surface area contributed by atoms with Gasteiger partial charge in [0.05, 0.1) is 58.9 Å². The number of likely N-dealkylation sites (tertiary alicyclic amines) is 1. The molecule has 1 amide bonds. The maximum Gasteiger partial charge on any atom is 0.322 e. The van der Waals surface area contributed by atoms with Crippen molar-refractivity contribution in [1.82, 2.24) is 24.0 Å². The number of pyridine rings is 2. The summed E-state index contributed by atoms with van der Waals surface area (Å²) in [6.45, 7) is 7.62. The molecule has 0 atom stereocenters. The van der Waals surface area contributed by atoms with Crippen LogP contribution in [0.15, 0.2) is 58.8 Å². The predicted molar refractivity (Wildman–Crippen MR) is 160 cm³/mol. The Labute approximate surface area is 250 Å². The number of rotatable bonds is 7. The van der Waals surface area contributed by atoms with Gasteiger partial charge in [0.15, 0.2) is 11.3 Å². The summed E-state index contributed by atoms with van der Waals surface area (Å²) in [5.74, 6) is -0.559. The number of nitrogens with zero attached hydrogens (tertiary/aromatic N) is 5. The monoisotopic (exact) mass is 611 g/mol. The molecule has 4 heterocycles. The van der Waals surface area contributed by atoms with Gasteiger partial charge in [0.2, 0.25) is 5.91 Å². The van der Waals surface area contributed by atoms with Crippen molar-refractivity contribution in [2.45, 2.75) is 45.5 Å². The van der Waals surface area contributed by atoms with Gasteiger partial charge in [0.25, 0.3) is 0 Å². The SMILES string of the molecule is C=CC(=O)N1CC(F)(Cn2c(=O)c(=O)n(-c3c(C)ccnc3C(C)C)c3nc(-c4c(Cl)cccc4CO)c(Cl)cc32)C1. The Morgan fingerprint density at radius 2 is 1.90 bits per heavy atom. The molecule has 42 heavy (non-hydrogen) atoms. The first-order chi connectivity index (χ1) is 19.9. The standard InChI is InChI=1S/C30H28Cl2FN5O4/c1-5-22(40)36-13-30(33,14-36)15-37-21-11-20(32)25(23-18(12-39)7-6-8-19(23)31)35-27(21)38(29(42)28(37)41)26-17(4)9-10-34-24(26)16(2)3/h5-11,16,39H,1,12-15H2,2-4H3. The van der Waals surface area contributed by atoms with Gasteiger partial charge in [0, 0.05) is 11.8 Å². The van der Waals surface area contributed by atoms with E-state index in [4.69, 9.17) is 28.2 Å². The van der Waals surface area contributed by atoms with Crippen LogP contribution in [0.4, 0.5) is 4.39 Å². The summed E-state index contributed by atoms with van der Waals surface area (Å²) in [6, 6.07) is 8.12. The number of hydrogen-bond acceptors (Lipinski definition) is 6. The Kier molecular flexibility index (Phi) is 7.82. The maximum atomic E-state index is 15.8. The molecule has 0 spiro atoms. The first-order valence-corrected chi connectivity index (χ1v) is 14.0. The lowest BCUT2D eigenvalue weighted by Gasteiger charge is -2.44. The number of carbonyl (C=O) groups excluding carboxylic acids is 1. The van der Waals surface area contributed by atoms with E-state index in [1.54, 1.807) is 37.4 Å². The fourth-order valence-electron chi connectivity index (χ4n) is 5.35. The molecule has 12 heteroatoms. The quantitative estimate of drug-likeness (QED) is 0.242. The molecular formula is C30H28Cl2FN5O4. The molecular weight excluding hydrogens is 584 g/mol. The molecule has 4 aromatic rings. The van der Waals surface area contributed by atoms with Crippen molar-refractivity contribution in [3.05, 3.63) is 96.8 Å². The first-order valence-electron chi connectivity index (χ1n) is 13.2. The van der Waals surface area contributed by atoms with E-state index in [9.17, 15) is 19.5 Å². The number of hydrogen-bond donors (Lipinski definition) is 1. The zero-order valence-electron chi connectivity index (χ0n) is 23.2. The summed E-state index contributed by atoms with van der Waals surface area (Å²) in [5.41, 5.74) is -1.18. The van der Waals surface area contributed by atoms with Crippen molar-refractivity contribution in [3.63, 3.8) is 0 Å². The highest BCUT2D eigenvalue weighted by Crippen LogP contribution is 2.37. The number of carbonyl (C=O) groups is 1. The van der Waals surface area contributed by atoms with Crippen LogP contribution in [-0.2, 0) is 17.9 Å². The van der Waals surface area contributed by atoms with Gasteiger partial charge in [-0.3, -0.25) is 28.5 Å². The number of aryl methyl sites for hydroxylation is 1. The number of fused-ring (bicyclic) bond motifs is 1. The van der Waals surface area contributed by atoms with E-state index in [1.807, 2.05) is 13.8 Å². The second kappa shape index (κ2) is 11.1. The van der Waals surface area contributed by atoms with Crippen LogP contribution in [0.3, 0.4) is 0 Å². The Balaban J connectivity index is 1.85. The molecule has 218 valence electrons. The van der Waals surface area contributed by atoms with Gasteiger partial charge in [-0.05, 0) is 48.2 Å². The highest BCUT2D eigenvalue weighted by Gasteiger charge is 2.46. The summed E-state index contributed by atoms with van der Waals surface area (Å²) in [7, 11) is 0. The Morgan fingerprint density at radius 3 is 2.55 bits per heavy atom. The Hall–Kier alpha value is -3.86. The molecule has 5 rings (SSSR count). The third kappa shape index (κ3) is 4.93. The van der Waals surface area contributed by atoms with Gasteiger partial charge in [0.1, 0.15) is 0 Å². The fraction of sp³-hybridized carbons (Fsp3) is 0.300. The van der Waals surface area contributed by atoms with Crippen LogP contribution >= 0.6 is 23.2 Å². The number of alkyl halides is 1. The number of aromatic nitrogens is 4. The van der Waals surface area contributed by atoms with E-state index in [0.717, 1.165) is 10.6 Å². The Bertz CT molecular complexity index is 1880. The molecule has 1 fully saturated rings. The number of aliphatic hydroxyl groups is 1. The minimum atomic E-state index is -1.97. The van der Waals surface area contributed by atoms with Crippen molar-refractivity contribution in [2.24, 2.45) is 0 Å². The lowest BCUT2D eigenvalue weighted by molar-refractivity contribution is -0.141. The summed E-state index contributed by atoms with van der Waals surface area (Å²) >= 11 is 13.3. The summed E-state index contributed by atoms with van der Waals surface area (Å²) in [4.78, 5) is 50.1. The van der Waals surface area contributed by atoms with Gasteiger partial charge in [-0.25, -0.2) is 9.37 Å². The smallest absolute Gasteiger partial charge is 0.322 e. The van der Waals surface area contributed by atoms with Crippen LogP contribution in [0, 0.1) is 6.92 Å². The number of aliphatic hydroxyl groups excluding tert-OH is 1. The molecule has 1 aliphatic heterocycles. The normalized spacial score (nSPS) is 14.3. The minimum absolute atomic E-state index is 0.0303. The summed E-state index contributed by atoms with van der Waals surface area (Å²) < 4.78 is 18.0. The van der Waals surface area contributed by atoms with E-state index in [0.29, 0.717) is 28.1 Å². The first kappa shape index (κ1) is 29.6. The highest BCUT2D eigenvalue weighted by molar-refractivity contribution is 6.36. The molecule has 0 aliphatic carbocycles. The Morgan fingerprint density at radius 1 is 1.19 bits per heavy atom. The second-order valence-electron chi connectivity index (χ2n) is 10.7. The van der Waals surface area contributed by atoms with Crippen molar-refractivity contribution < 1.29 is 14.3 Å². The zero-order valence-corrected chi connectivity index (χ0v) is 24.7. The van der Waals surface area contributed by atoms with Crippen LogP contribution in [0.2, 0.25) is 10.0 Å². The maximum absolute atomic E-state index is 15.8. The van der Waals surface area contributed by atoms with Crippen molar-refractivity contribution >= 4 is 40.3 Å².